The van der Waals surface area contributed by atoms with Gasteiger partial charge in [0.05, 0.1) is 23.1 Å². The molecule has 1 aromatic carbocycles. The number of hydrogen-bond donors (Lipinski definition) is 2. The first-order chi connectivity index (χ1) is 15.6. The van der Waals surface area contributed by atoms with Gasteiger partial charge in [0, 0.05) is 49.2 Å². The third kappa shape index (κ3) is 4.45. The average Bonchev–Trinajstić information content (AvgIpc) is 3.30. The van der Waals surface area contributed by atoms with Gasteiger partial charge in [0.1, 0.15) is 0 Å². The number of likely N-dealkylation sites (N-methyl/N-ethyl adjacent to an activating group) is 2. The van der Waals surface area contributed by atoms with Gasteiger partial charge in [0.25, 0.3) is 0 Å². The van der Waals surface area contributed by atoms with Crippen molar-refractivity contribution >= 4 is 16.5 Å². The summed E-state index contributed by atoms with van der Waals surface area (Å²) in [6.07, 6.45) is 7.73. The van der Waals surface area contributed by atoms with Gasteiger partial charge in [0.2, 0.25) is 0 Å². The van der Waals surface area contributed by atoms with Crippen molar-refractivity contribution in [1.82, 2.24) is 30.4 Å². The number of aryl methyl sites for hydroxylation is 1. The number of nitrogens with one attached hydrogen (secondary N) is 2. The highest BCUT2D eigenvalue weighted by Gasteiger charge is 2.14. The number of pyridine rings is 2. The van der Waals surface area contributed by atoms with Crippen LogP contribution in [0.5, 0.6) is 0 Å². The van der Waals surface area contributed by atoms with E-state index in [0.29, 0.717) is 0 Å². The molecule has 0 amide bonds. The fourth-order valence-electron chi connectivity index (χ4n) is 3.77. The van der Waals surface area contributed by atoms with Gasteiger partial charge >= 0.3 is 0 Å². The van der Waals surface area contributed by atoms with E-state index in [0.717, 1.165) is 63.3 Å². The highest BCUT2D eigenvalue weighted by atomic mass is 15.1. The maximum atomic E-state index is 4.66. The van der Waals surface area contributed by atoms with Crippen molar-refractivity contribution in [3.8, 4) is 22.5 Å². The largest absolute Gasteiger partial charge is 0.379 e. The van der Waals surface area contributed by atoms with Gasteiger partial charge in [-0.05, 0) is 61.0 Å². The molecule has 0 spiro atoms. The van der Waals surface area contributed by atoms with Crippen LogP contribution in [0.2, 0.25) is 0 Å². The zero-order valence-corrected chi connectivity index (χ0v) is 18.8. The molecule has 6 nitrogen and oxygen atoms in total. The van der Waals surface area contributed by atoms with Crippen molar-refractivity contribution in [2.45, 2.75) is 6.92 Å². The lowest BCUT2D eigenvalue weighted by atomic mass is 9.97. The summed E-state index contributed by atoms with van der Waals surface area (Å²) in [5.74, 6) is 0. The first-order valence-electron chi connectivity index (χ1n) is 10.7. The summed E-state index contributed by atoms with van der Waals surface area (Å²) in [5.41, 5.74) is 7.92. The van der Waals surface area contributed by atoms with Crippen LogP contribution in [0.25, 0.3) is 39.0 Å². The number of aromatic amines is 1. The minimum atomic E-state index is 0.877. The van der Waals surface area contributed by atoms with Crippen LogP contribution >= 0.6 is 0 Å². The quantitative estimate of drug-likeness (QED) is 0.402. The lowest BCUT2D eigenvalue weighted by Crippen LogP contribution is -2.23. The highest BCUT2D eigenvalue weighted by molar-refractivity contribution is 5.97. The smallest absolute Gasteiger partial charge is 0.0912 e. The Hall–Kier alpha value is -3.77. The van der Waals surface area contributed by atoms with Gasteiger partial charge in [-0.25, -0.2) is 0 Å². The van der Waals surface area contributed by atoms with E-state index in [2.05, 4.69) is 68.4 Å². The topological polar surface area (TPSA) is 69.7 Å². The van der Waals surface area contributed by atoms with Crippen molar-refractivity contribution in [2.24, 2.45) is 0 Å². The van der Waals surface area contributed by atoms with E-state index in [-0.39, 0.29) is 0 Å². The molecule has 0 unspecified atom stereocenters. The predicted molar refractivity (Wildman–Crippen MR) is 132 cm³/mol. The summed E-state index contributed by atoms with van der Waals surface area (Å²) in [6.45, 7) is 7.87. The fraction of sp³-hybridized carbons (Fsp3) is 0.192. The second kappa shape index (κ2) is 9.58. The molecule has 4 aromatic rings. The molecule has 2 N–H and O–H groups in total. The van der Waals surface area contributed by atoms with E-state index in [1.54, 1.807) is 0 Å². The Balaban J connectivity index is 1.80. The van der Waals surface area contributed by atoms with Crippen molar-refractivity contribution in [2.75, 3.05) is 27.2 Å². The number of fused-ring (bicyclic) bond motifs is 1. The SMILES string of the molecule is C=C/C(=C\N(C)CCNC)c1ccnc2ccc(-c3cn[nH]c3-c3cccc(C)n3)cc12. The number of hydrogen-bond acceptors (Lipinski definition) is 5. The molecule has 6 heteroatoms. The first kappa shape index (κ1) is 21.5. The fourth-order valence-corrected chi connectivity index (χ4v) is 3.77. The Kier molecular flexibility index (Phi) is 6.42. The molecule has 0 radical (unpaired) electrons. The Morgan fingerprint density at radius 1 is 1.22 bits per heavy atom. The summed E-state index contributed by atoms with van der Waals surface area (Å²) in [5, 5.41) is 11.7. The molecule has 0 saturated carbocycles. The summed E-state index contributed by atoms with van der Waals surface area (Å²) in [4.78, 5) is 11.4. The number of aromatic nitrogens is 4. The Morgan fingerprint density at radius 2 is 2.09 bits per heavy atom. The van der Waals surface area contributed by atoms with Crippen LogP contribution in [0.4, 0.5) is 0 Å². The van der Waals surface area contributed by atoms with Crippen LogP contribution in [-0.2, 0) is 0 Å². The van der Waals surface area contributed by atoms with E-state index in [4.69, 9.17) is 0 Å². The van der Waals surface area contributed by atoms with Crippen LogP contribution in [0.1, 0.15) is 11.3 Å². The molecule has 32 heavy (non-hydrogen) atoms. The molecule has 0 saturated heterocycles. The standard InChI is InChI=1S/C26H28N6/c1-5-19(17-32(4)14-13-27-3)21-11-12-28-24-10-9-20(15-22(21)24)23-16-29-31-26(23)25-8-6-7-18(2)30-25/h5-12,15-17,27H,1,13-14H2,2-4H3,(H,29,31)/b19-17+. The average molecular weight is 425 g/mol. The van der Waals surface area contributed by atoms with Crippen LogP contribution in [0.15, 0.2) is 73.7 Å². The molecule has 4 rings (SSSR count). The second-order valence-electron chi connectivity index (χ2n) is 7.79. The Labute approximate surface area is 188 Å². The third-order valence-corrected chi connectivity index (χ3v) is 5.44. The molecule has 3 aromatic heterocycles. The third-order valence-electron chi connectivity index (χ3n) is 5.44. The zero-order valence-electron chi connectivity index (χ0n) is 18.8. The van der Waals surface area contributed by atoms with E-state index >= 15 is 0 Å². The molecule has 3 heterocycles. The second-order valence-corrected chi connectivity index (χ2v) is 7.79. The highest BCUT2D eigenvalue weighted by Crippen LogP contribution is 2.33. The predicted octanol–water partition coefficient (Wildman–Crippen LogP) is 4.67. The van der Waals surface area contributed by atoms with Gasteiger partial charge < -0.3 is 10.2 Å². The minimum Gasteiger partial charge on any atom is -0.379 e. The number of rotatable bonds is 8. The monoisotopic (exact) mass is 424 g/mol. The van der Waals surface area contributed by atoms with Crippen LogP contribution < -0.4 is 5.32 Å². The summed E-state index contributed by atoms with van der Waals surface area (Å²) in [7, 11) is 4.03. The Bertz CT molecular complexity index is 1270. The van der Waals surface area contributed by atoms with Gasteiger partial charge in [-0.2, -0.15) is 5.10 Å². The van der Waals surface area contributed by atoms with Gasteiger partial charge in [-0.15, -0.1) is 0 Å². The summed E-state index contributed by atoms with van der Waals surface area (Å²) in [6, 6.07) is 14.4. The van der Waals surface area contributed by atoms with E-state index in [1.165, 1.54) is 0 Å². The van der Waals surface area contributed by atoms with Crippen LogP contribution in [0.3, 0.4) is 0 Å². The zero-order chi connectivity index (χ0) is 22.5. The molecule has 0 fully saturated rings. The van der Waals surface area contributed by atoms with Gasteiger partial charge in [-0.1, -0.05) is 24.8 Å². The molecular weight excluding hydrogens is 396 g/mol. The van der Waals surface area contributed by atoms with Crippen molar-refractivity contribution in [1.29, 1.82) is 0 Å². The molecule has 0 aliphatic rings. The minimum absolute atomic E-state index is 0.877. The van der Waals surface area contributed by atoms with Gasteiger partial charge in [0.15, 0.2) is 0 Å². The van der Waals surface area contributed by atoms with Crippen molar-refractivity contribution < 1.29 is 0 Å². The normalized spacial score (nSPS) is 11.7. The maximum Gasteiger partial charge on any atom is 0.0912 e. The summed E-state index contributed by atoms with van der Waals surface area (Å²) >= 11 is 0. The number of allylic oxidation sites excluding steroid dienone is 2. The lowest BCUT2D eigenvalue weighted by molar-refractivity contribution is 0.453. The van der Waals surface area contributed by atoms with Crippen molar-refractivity contribution in [3.63, 3.8) is 0 Å². The maximum absolute atomic E-state index is 4.66. The molecule has 0 atom stereocenters. The lowest BCUT2D eigenvalue weighted by Gasteiger charge is -2.16. The van der Waals surface area contributed by atoms with Gasteiger partial charge in [-0.3, -0.25) is 15.1 Å². The Morgan fingerprint density at radius 3 is 2.88 bits per heavy atom. The van der Waals surface area contributed by atoms with Crippen LogP contribution in [0, 0.1) is 6.92 Å². The number of H-pyrrole nitrogens is 1. The molecule has 162 valence electrons. The number of nitrogens with zero attached hydrogens (tertiary/aromatic N) is 4. The molecule has 0 bridgehead atoms. The number of benzene rings is 1. The summed E-state index contributed by atoms with van der Waals surface area (Å²) < 4.78 is 0. The van der Waals surface area contributed by atoms with Crippen molar-refractivity contribution in [3.05, 3.63) is 85.0 Å². The van der Waals surface area contributed by atoms with E-state index < -0.39 is 0 Å². The van der Waals surface area contributed by atoms with Crippen LogP contribution in [-0.4, -0.2) is 52.3 Å². The molecule has 0 aliphatic heterocycles. The molecular formula is C26H28N6. The first-order valence-corrected chi connectivity index (χ1v) is 10.7. The van der Waals surface area contributed by atoms with E-state index in [1.807, 2.05) is 56.7 Å². The van der Waals surface area contributed by atoms with E-state index in [9.17, 15) is 0 Å². The molecule has 0 aliphatic carbocycles.